The van der Waals surface area contributed by atoms with Crippen molar-refractivity contribution < 1.29 is 19.3 Å². The highest BCUT2D eigenvalue weighted by Crippen LogP contribution is 2.20. The van der Waals surface area contributed by atoms with Crippen LogP contribution in [0, 0.1) is 0 Å². The maximum atomic E-state index is 13.9. The van der Waals surface area contributed by atoms with Crippen LogP contribution in [0.1, 0.15) is 6.23 Å². The maximum Gasteiger partial charge on any atom is 0.330 e. The molecule has 0 saturated heterocycles. The average molecular weight is 263 g/mol. The third-order valence-electron chi connectivity index (χ3n) is 2.49. The van der Waals surface area contributed by atoms with Gasteiger partial charge in [-0.2, -0.15) is 0 Å². The summed E-state index contributed by atoms with van der Waals surface area (Å²) in [4.78, 5) is 24.0. The lowest BCUT2D eigenvalue weighted by Crippen LogP contribution is -2.57. The van der Waals surface area contributed by atoms with E-state index < -0.39 is 36.0 Å². The summed E-state index contributed by atoms with van der Waals surface area (Å²) < 4.78 is 19.0. The van der Waals surface area contributed by atoms with Crippen molar-refractivity contribution in [3.05, 3.63) is 33.1 Å². The Bertz CT molecular complexity index is 509. The molecule has 0 radical (unpaired) electrons. The second-order valence-electron chi connectivity index (χ2n) is 3.65. The topological polar surface area (TPSA) is 131 Å². The SMILES string of the molecule is CO[C@](N)(CO)[C@@H](F)[C@@H](O)n1ccc(=O)[nH]c1=O. The molecule has 9 heteroatoms. The zero-order valence-electron chi connectivity index (χ0n) is 9.54. The van der Waals surface area contributed by atoms with Crippen LogP contribution in [0.25, 0.3) is 0 Å². The zero-order chi connectivity index (χ0) is 13.9. The molecule has 0 aromatic carbocycles. The van der Waals surface area contributed by atoms with Gasteiger partial charge in [0.2, 0.25) is 0 Å². The normalized spacial score (nSPS) is 18.1. The van der Waals surface area contributed by atoms with Crippen LogP contribution >= 0.6 is 0 Å². The molecule has 1 heterocycles. The quantitative estimate of drug-likeness (QED) is 0.440. The number of hydrogen-bond acceptors (Lipinski definition) is 6. The molecule has 0 spiro atoms. The number of aromatic amines is 1. The van der Waals surface area contributed by atoms with Crippen LogP contribution in [0.5, 0.6) is 0 Å². The van der Waals surface area contributed by atoms with Crippen molar-refractivity contribution in [1.29, 1.82) is 0 Å². The van der Waals surface area contributed by atoms with Crippen LogP contribution in [0.2, 0.25) is 0 Å². The fourth-order valence-corrected chi connectivity index (χ4v) is 1.29. The first-order valence-corrected chi connectivity index (χ1v) is 4.94. The van der Waals surface area contributed by atoms with E-state index in [1.54, 1.807) is 0 Å². The molecule has 0 bridgehead atoms. The van der Waals surface area contributed by atoms with Gasteiger partial charge in [-0.15, -0.1) is 0 Å². The Morgan fingerprint density at radius 2 is 2.28 bits per heavy atom. The van der Waals surface area contributed by atoms with E-state index in [1.165, 1.54) is 0 Å². The number of nitrogens with two attached hydrogens (primary N) is 1. The van der Waals surface area contributed by atoms with Crippen LogP contribution in [0.4, 0.5) is 4.39 Å². The molecule has 102 valence electrons. The van der Waals surface area contributed by atoms with E-state index >= 15 is 0 Å². The molecule has 1 aromatic heterocycles. The Labute approximate surface area is 100 Å². The molecule has 0 amide bonds. The van der Waals surface area contributed by atoms with E-state index in [4.69, 9.17) is 10.8 Å². The summed E-state index contributed by atoms with van der Waals surface area (Å²) >= 11 is 0. The van der Waals surface area contributed by atoms with Crippen molar-refractivity contribution in [3.63, 3.8) is 0 Å². The predicted octanol–water partition coefficient (Wildman–Crippen LogP) is -2.34. The fraction of sp³-hybridized carbons (Fsp3) is 0.556. The van der Waals surface area contributed by atoms with Gasteiger partial charge >= 0.3 is 5.69 Å². The van der Waals surface area contributed by atoms with E-state index in [0.29, 0.717) is 4.57 Å². The Morgan fingerprint density at radius 3 is 2.72 bits per heavy atom. The van der Waals surface area contributed by atoms with Crippen molar-refractivity contribution in [2.75, 3.05) is 13.7 Å². The number of ether oxygens (including phenoxy) is 1. The number of hydrogen-bond donors (Lipinski definition) is 4. The number of rotatable bonds is 5. The van der Waals surface area contributed by atoms with E-state index in [1.807, 2.05) is 4.98 Å². The molecule has 0 unspecified atom stereocenters. The monoisotopic (exact) mass is 263 g/mol. The first kappa shape index (κ1) is 14.5. The summed E-state index contributed by atoms with van der Waals surface area (Å²) in [6.45, 7) is -0.903. The fourth-order valence-electron chi connectivity index (χ4n) is 1.29. The van der Waals surface area contributed by atoms with Crippen LogP contribution in [0.15, 0.2) is 21.9 Å². The number of halogens is 1. The number of nitrogens with zero attached hydrogens (tertiary/aromatic N) is 1. The van der Waals surface area contributed by atoms with Crippen LogP contribution in [0.3, 0.4) is 0 Å². The number of alkyl halides is 1. The lowest BCUT2D eigenvalue weighted by atomic mass is 10.1. The smallest absolute Gasteiger partial charge is 0.330 e. The zero-order valence-corrected chi connectivity index (χ0v) is 9.54. The first-order chi connectivity index (χ1) is 8.35. The summed E-state index contributed by atoms with van der Waals surface area (Å²) in [5.41, 5.74) is 1.51. The minimum atomic E-state index is -2.28. The Morgan fingerprint density at radius 1 is 1.67 bits per heavy atom. The van der Waals surface area contributed by atoms with Gasteiger partial charge in [0, 0.05) is 19.4 Å². The lowest BCUT2D eigenvalue weighted by molar-refractivity contribution is -0.148. The highest BCUT2D eigenvalue weighted by atomic mass is 19.1. The highest BCUT2D eigenvalue weighted by molar-refractivity contribution is 4.90. The Hall–Kier alpha value is -1.55. The van der Waals surface area contributed by atoms with Crippen molar-refractivity contribution in [3.8, 4) is 0 Å². The largest absolute Gasteiger partial charge is 0.392 e. The van der Waals surface area contributed by atoms with Gasteiger partial charge in [-0.3, -0.25) is 20.1 Å². The molecule has 0 aliphatic heterocycles. The van der Waals surface area contributed by atoms with Crippen LogP contribution in [-0.2, 0) is 4.74 Å². The molecule has 3 atom stereocenters. The van der Waals surface area contributed by atoms with E-state index in [9.17, 15) is 19.1 Å². The molecular weight excluding hydrogens is 249 g/mol. The third-order valence-corrected chi connectivity index (χ3v) is 2.49. The molecule has 0 fully saturated rings. The van der Waals surface area contributed by atoms with Gasteiger partial charge in [0.25, 0.3) is 5.56 Å². The number of aliphatic hydroxyl groups is 2. The second-order valence-corrected chi connectivity index (χ2v) is 3.65. The molecule has 1 rings (SSSR count). The molecule has 1 aromatic rings. The predicted molar refractivity (Wildman–Crippen MR) is 58.5 cm³/mol. The van der Waals surface area contributed by atoms with E-state index in [0.717, 1.165) is 19.4 Å². The van der Waals surface area contributed by atoms with Gasteiger partial charge in [0.15, 0.2) is 18.1 Å². The van der Waals surface area contributed by atoms with Crippen molar-refractivity contribution in [2.45, 2.75) is 18.1 Å². The third kappa shape index (κ3) is 2.64. The molecular formula is C9H14FN3O5. The minimum absolute atomic E-state index is 0.530. The molecule has 5 N–H and O–H groups in total. The van der Waals surface area contributed by atoms with Crippen molar-refractivity contribution >= 4 is 0 Å². The number of methoxy groups -OCH3 is 1. The average Bonchev–Trinajstić information content (AvgIpc) is 2.36. The van der Waals surface area contributed by atoms with Crippen LogP contribution < -0.4 is 17.0 Å². The van der Waals surface area contributed by atoms with Gasteiger partial charge in [-0.1, -0.05) is 0 Å². The maximum absolute atomic E-state index is 13.9. The number of nitrogens with one attached hydrogen (secondary N) is 1. The van der Waals surface area contributed by atoms with E-state index in [2.05, 4.69) is 4.74 Å². The molecule has 18 heavy (non-hydrogen) atoms. The summed E-state index contributed by atoms with van der Waals surface area (Å²) in [6, 6.07) is 0.932. The summed E-state index contributed by atoms with van der Waals surface area (Å²) in [5.74, 6) is 0. The summed E-state index contributed by atoms with van der Waals surface area (Å²) in [5, 5.41) is 18.6. The number of aliphatic hydroxyl groups excluding tert-OH is 2. The van der Waals surface area contributed by atoms with Crippen molar-refractivity contribution in [2.24, 2.45) is 5.73 Å². The molecule has 8 nitrogen and oxygen atoms in total. The highest BCUT2D eigenvalue weighted by Gasteiger charge is 2.41. The van der Waals surface area contributed by atoms with Gasteiger partial charge in [-0.25, -0.2) is 9.18 Å². The summed E-state index contributed by atoms with van der Waals surface area (Å²) in [6.07, 6.45) is -3.38. The number of aromatic nitrogens is 2. The van der Waals surface area contributed by atoms with Gasteiger partial charge in [0.1, 0.15) is 0 Å². The van der Waals surface area contributed by atoms with Crippen molar-refractivity contribution in [1.82, 2.24) is 9.55 Å². The molecule has 0 aliphatic rings. The van der Waals surface area contributed by atoms with Gasteiger partial charge in [-0.05, 0) is 0 Å². The lowest BCUT2D eigenvalue weighted by Gasteiger charge is -2.32. The minimum Gasteiger partial charge on any atom is -0.392 e. The Balaban J connectivity index is 3.10. The van der Waals surface area contributed by atoms with Gasteiger partial charge < -0.3 is 14.9 Å². The number of H-pyrrole nitrogens is 1. The summed E-state index contributed by atoms with van der Waals surface area (Å²) in [7, 11) is 1.05. The Kier molecular flexibility index (Phi) is 4.35. The van der Waals surface area contributed by atoms with Gasteiger partial charge in [0.05, 0.1) is 6.61 Å². The standard InChI is InChI=1S/C9H14FN3O5/c1-18-9(11,4-14)6(10)7(16)13-3-2-5(15)12-8(13)17/h2-3,6-7,14,16H,4,11H2,1H3,(H,12,15,17)/t6-,7+,9+/m0/s1. The van der Waals surface area contributed by atoms with Crippen LogP contribution in [-0.4, -0.2) is 45.4 Å². The second kappa shape index (κ2) is 5.40. The van der Waals surface area contributed by atoms with E-state index in [-0.39, 0.29) is 0 Å². The molecule has 0 saturated carbocycles. The molecule has 0 aliphatic carbocycles. The first-order valence-electron chi connectivity index (χ1n) is 4.94.